The van der Waals surface area contributed by atoms with Crippen LogP contribution in [-0.2, 0) is 4.79 Å². The van der Waals surface area contributed by atoms with E-state index in [4.69, 9.17) is 0 Å². The van der Waals surface area contributed by atoms with Crippen LogP contribution in [0, 0.1) is 5.82 Å². The molecule has 8 heteroatoms. The number of aliphatic imine (C=N–C) groups is 1. The van der Waals surface area contributed by atoms with Gasteiger partial charge in [-0.15, -0.1) is 0 Å². The van der Waals surface area contributed by atoms with Crippen LogP contribution in [0.15, 0.2) is 23.3 Å². The standard InChI is InChI=1S/C21H33FN6O/c1-2-23-21(25-12-7-14-27-13-5-3-4-9-19(27)29)26-17-10-15-28(16-17)20-18(22)8-6-11-24-20/h6,8,11,17H,2-5,7,9-10,12-16H2,1H3,(H2,23,25,26). The first-order valence-electron chi connectivity index (χ1n) is 10.9. The second-order valence-electron chi connectivity index (χ2n) is 7.69. The number of nitrogens with one attached hydrogen (secondary N) is 2. The fourth-order valence-corrected chi connectivity index (χ4v) is 3.92. The Balaban J connectivity index is 1.47. The number of hydrogen-bond donors (Lipinski definition) is 2. The third-order valence-electron chi connectivity index (χ3n) is 5.44. The summed E-state index contributed by atoms with van der Waals surface area (Å²) < 4.78 is 14.0. The minimum atomic E-state index is -0.281. The van der Waals surface area contributed by atoms with E-state index in [2.05, 4.69) is 20.6 Å². The van der Waals surface area contributed by atoms with E-state index in [9.17, 15) is 9.18 Å². The minimum Gasteiger partial charge on any atom is -0.357 e. The molecule has 2 N–H and O–H groups in total. The fraction of sp³-hybridized carbons (Fsp3) is 0.667. The Morgan fingerprint density at radius 1 is 1.34 bits per heavy atom. The van der Waals surface area contributed by atoms with Crippen LogP contribution in [0.5, 0.6) is 0 Å². The largest absolute Gasteiger partial charge is 0.357 e. The van der Waals surface area contributed by atoms with Crippen molar-refractivity contribution in [3.05, 3.63) is 24.1 Å². The molecule has 1 aromatic heterocycles. The van der Waals surface area contributed by atoms with Crippen LogP contribution < -0.4 is 15.5 Å². The van der Waals surface area contributed by atoms with Gasteiger partial charge < -0.3 is 20.4 Å². The quantitative estimate of drug-likeness (QED) is 0.414. The van der Waals surface area contributed by atoms with E-state index in [0.29, 0.717) is 25.3 Å². The first-order valence-corrected chi connectivity index (χ1v) is 10.9. The van der Waals surface area contributed by atoms with Crippen LogP contribution in [0.2, 0.25) is 0 Å². The summed E-state index contributed by atoms with van der Waals surface area (Å²) in [6.45, 7) is 6.60. The van der Waals surface area contributed by atoms with Crippen molar-refractivity contribution < 1.29 is 9.18 Å². The number of anilines is 1. The summed E-state index contributed by atoms with van der Waals surface area (Å²) in [5.41, 5.74) is 0. The van der Waals surface area contributed by atoms with Gasteiger partial charge in [0.2, 0.25) is 5.91 Å². The summed E-state index contributed by atoms with van der Waals surface area (Å²) in [5, 5.41) is 6.74. The molecule has 7 nitrogen and oxygen atoms in total. The van der Waals surface area contributed by atoms with Crippen molar-refractivity contribution in [1.82, 2.24) is 20.5 Å². The van der Waals surface area contributed by atoms with E-state index in [-0.39, 0.29) is 17.8 Å². The molecule has 1 unspecified atom stereocenters. The monoisotopic (exact) mass is 404 g/mol. The Hall–Kier alpha value is -2.38. The zero-order chi connectivity index (χ0) is 20.5. The number of carbonyl (C=O) groups is 1. The van der Waals surface area contributed by atoms with Crippen molar-refractivity contribution in [2.75, 3.05) is 44.2 Å². The highest BCUT2D eigenvalue weighted by Gasteiger charge is 2.26. The molecule has 0 aliphatic carbocycles. The number of hydrogen-bond acceptors (Lipinski definition) is 4. The third-order valence-corrected chi connectivity index (χ3v) is 5.44. The lowest BCUT2D eigenvalue weighted by Crippen LogP contribution is -2.44. The molecule has 3 heterocycles. The SMILES string of the molecule is CCNC(=NCCCN1CCCCCC1=O)NC1CCN(c2ncccc2F)C1. The van der Waals surface area contributed by atoms with Crippen molar-refractivity contribution in [1.29, 1.82) is 0 Å². The van der Waals surface area contributed by atoms with Crippen LogP contribution in [0.25, 0.3) is 0 Å². The smallest absolute Gasteiger partial charge is 0.222 e. The molecule has 0 radical (unpaired) electrons. The Kier molecular flexibility index (Phi) is 8.07. The van der Waals surface area contributed by atoms with Crippen LogP contribution in [-0.4, -0.2) is 67.1 Å². The highest BCUT2D eigenvalue weighted by molar-refractivity contribution is 5.80. The van der Waals surface area contributed by atoms with Crippen molar-refractivity contribution in [2.45, 2.75) is 51.5 Å². The Morgan fingerprint density at radius 3 is 3.07 bits per heavy atom. The maximum atomic E-state index is 14.0. The molecule has 2 aliphatic rings. The molecule has 1 aromatic rings. The first-order chi connectivity index (χ1) is 14.2. The zero-order valence-electron chi connectivity index (χ0n) is 17.4. The predicted molar refractivity (Wildman–Crippen MR) is 114 cm³/mol. The Morgan fingerprint density at radius 2 is 2.24 bits per heavy atom. The van der Waals surface area contributed by atoms with Gasteiger partial charge in [0.05, 0.1) is 0 Å². The summed E-state index contributed by atoms with van der Waals surface area (Å²) in [7, 11) is 0. The van der Waals surface area contributed by atoms with E-state index >= 15 is 0 Å². The lowest BCUT2D eigenvalue weighted by Gasteiger charge is -2.21. The number of nitrogens with zero attached hydrogens (tertiary/aromatic N) is 4. The molecule has 160 valence electrons. The number of amides is 1. The lowest BCUT2D eigenvalue weighted by molar-refractivity contribution is -0.130. The summed E-state index contributed by atoms with van der Waals surface area (Å²) in [6, 6.07) is 3.25. The molecule has 0 saturated carbocycles. The number of guanidine groups is 1. The van der Waals surface area contributed by atoms with Crippen LogP contribution in [0.3, 0.4) is 0 Å². The van der Waals surface area contributed by atoms with E-state index in [0.717, 1.165) is 64.2 Å². The van der Waals surface area contributed by atoms with E-state index in [1.54, 1.807) is 12.3 Å². The third kappa shape index (κ3) is 6.30. The molecule has 2 aliphatic heterocycles. The lowest BCUT2D eigenvalue weighted by atomic mass is 10.2. The second kappa shape index (κ2) is 11.0. The van der Waals surface area contributed by atoms with E-state index in [1.807, 2.05) is 16.7 Å². The zero-order valence-corrected chi connectivity index (χ0v) is 17.4. The summed E-state index contributed by atoms with van der Waals surface area (Å²) in [5.74, 6) is 1.20. The highest BCUT2D eigenvalue weighted by Crippen LogP contribution is 2.20. The van der Waals surface area contributed by atoms with Crippen LogP contribution in [0.1, 0.15) is 45.4 Å². The van der Waals surface area contributed by atoms with Crippen molar-refractivity contribution >= 4 is 17.7 Å². The van der Waals surface area contributed by atoms with Gasteiger partial charge in [-0.1, -0.05) is 6.42 Å². The average Bonchev–Trinajstić information content (AvgIpc) is 3.07. The van der Waals surface area contributed by atoms with E-state index < -0.39 is 0 Å². The average molecular weight is 405 g/mol. The molecule has 1 atom stereocenters. The van der Waals surface area contributed by atoms with Crippen molar-refractivity contribution in [3.8, 4) is 0 Å². The molecule has 2 saturated heterocycles. The maximum Gasteiger partial charge on any atom is 0.222 e. The van der Waals surface area contributed by atoms with Gasteiger partial charge in [-0.25, -0.2) is 9.37 Å². The topological polar surface area (TPSA) is 72.9 Å². The minimum absolute atomic E-state index is 0.196. The molecule has 1 amide bonds. The van der Waals surface area contributed by atoms with Crippen LogP contribution >= 0.6 is 0 Å². The normalized spacial score (nSPS) is 20.7. The summed E-state index contributed by atoms with van der Waals surface area (Å²) >= 11 is 0. The van der Waals surface area contributed by atoms with Gasteiger partial charge in [-0.2, -0.15) is 0 Å². The number of aromatic nitrogens is 1. The Labute approximate surface area is 172 Å². The van der Waals surface area contributed by atoms with Crippen molar-refractivity contribution in [2.24, 2.45) is 4.99 Å². The van der Waals surface area contributed by atoms with Gasteiger partial charge in [0.25, 0.3) is 0 Å². The highest BCUT2D eigenvalue weighted by atomic mass is 19.1. The molecule has 3 rings (SSSR count). The Bertz CT molecular complexity index is 698. The molecule has 0 bridgehead atoms. The maximum absolute atomic E-state index is 14.0. The van der Waals surface area contributed by atoms with E-state index in [1.165, 1.54) is 6.07 Å². The van der Waals surface area contributed by atoms with Gasteiger partial charge in [0.15, 0.2) is 17.6 Å². The van der Waals surface area contributed by atoms with Gasteiger partial charge in [0, 0.05) is 57.9 Å². The molecular formula is C21H33FN6O. The molecule has 0 aromatic carbocycles. The number of carbonyl (C=O) groups excluding carboxylic acids is 1. The molecule has 29 heavy (non-hydrogen) atoms. The summed E-state index contributed by atoms with van der Waals surface area (Å²) in [6.07, 6.45) is 7.34. The number of likely N-dealkylation sites (tertiary alicyclic amines) is 1. The molecule has 2 fully saturated rings. The summed E-state index contributed by atoms with van der Waals surface area (Å²) in [4.78, 5) is 24.9. The number of rotatable bonds is 7. The second-order valence-corrected chi connectivity index (χ2v) is 7.69. The van der Waals surface area contributed by atoms with Gasteiger partial charge in [0.1, 0.15) is 0 Å². The van der Waals surface area contributed by atoms with Gasteiger partial charge in [-0.05, 0) is 44.7 Å². The first kappa shape index (κ1) is 21.3. The van der Waals surface area contributed by atoms with Crippen LogP contribution in [0.4, 0.5) is 10.2 Å². The molecule has 0 spiro atoms. The molecular weight excluding hydrogens is 371 g/mol. The number of halogens is 1. The van der Waals surface area contributed by atoms with Crippen molar-refractivity contribution in [3.63, 3.8) is 0 Å². The fourth-order valence-electron chi connectivity index (χ4n) is 3.92. The predicted octanol–water partition coefficient (Wildman–Crippen LogP) is 2.15. The number of pyridine rings is 1. The van der Waals surface area contributed by atoms with Gasteiger partial charge >= 0.3 is 0 Å². The van der Waals surface area contributed by atoms with Gasteiger partial charge in [-0.3, -0.25) is 9.79 Å².